The Hall–Kier alpha value is -1.43. The molecule has 1 aliphatic rings. The molecular weight excluding hydrogens is 336 g/mol. The van der Waals surface area contributed by atoms with E-state index in [1.165, 1.54) is 18.6 Å². The van der Waals surface area contributed by atoms with Gasteiger partial charge < -0.3 is 5.32 Å². The standard InChI is InChI=1S/C15H19BrN2O3/c1-2-10-6-8-11(9-7-10)17-15(19)12-4-3-5-13(14(12)16)18(20)21/h3-5,10-11H,2,6-9H2,1H3,(H,17,19). The van der Waals surface area contributed by atoms with E-state index in [4.69, 9.17) is 0 Å². The van der Waals surface area contributed by atoms with E-state index in [0.717, 1.165) is 31.6 Å². The van der Waals surface area contributed by atoms with Gasteiger partial charge in [-0.05, 0) is 53.6 Å². The summed E-state index contributed by atoms with van der Waals surface area (Å²) in [7, 11) is 0. The first-order valence-electron chi connectivity index (χ1n) is 7.26. The van der Waals surface area contributed by atoms with E-state index >= 15 is 0 Å². The van der Waals surface area contributed by atoms with E-state index in [2.05, 4.69) is 28.2 Å². The molecule has 0 atom stereocenters. The van der Waals surface area contributed by atoms with Gasteiger partial charge in [-0.1, -0.05) is 19.4 Å². The van der Waals surface area contributed by atoms with Gasteiger partial charge in [0.15, 0.2) is 0 Å². The Morgan fingerprint density at radius 2 is 2.05 bits per heavy atom. The van der Waals surface area contributed by atoms with E-state index in [-0.39, 0.29) is 22.1 Å². The SMILES string of the molecule is CCC1CCC(NC(=O)c2cccc([N+](=O)[O-])c2Br)CC1. The third-order valence-corrected chi connectivity index (χ3v) is 5.01. The number of nitrogens with one attached hydrogen (secondary N) is 1. The molecule has 0 heterocycles. The number of rotatable bonds is 4. The van der Waals surface area contributed by atoms with Gasteiger partial charge in [0, 0.05) is 12.1 Å². The van der Waals surface area contributed by atoms with Crippen LogP contribution in [0.2, 0.25) is 0 Å². The fourth-order valence-corrected chi connectivity index (χ4v) is 3.40. The first-order chi connectivity index (χ1) is 10.0. The molecule has 1 saturated carbocycles. The van der Waals surface area contributed by atoms with Gasteiger partial charge in [0.2, 0.25) is 0 Å². The highest BCUT2D eigenvalue weighted by Crippen LogP contribution is 2.30. The maximum absolute atomic E-state index is 12.3. The third-order valence-electron chi connectivity index (χ3n) is 4.18. The Balaban J connectivity index is 2.04. The average Bonchev–Trinajstić information content (AvgIpc) is 2.47. The number of nitrogens with zero attached hydrogens (tertiary/aromatic N) is 1. The molecule has 6 heteroatoms. The second-order valence-corrected chi connectivity index (χ2v) is 6.29. The van der Waals surface area contributed by atoms with Crippen LogP contribution in [0.15, 0.2) is 22.7 Å². The molecule has 0 spiro atoms. The van der Waals surface area contributed by atoms with Crippen LogP contribution >= 0.6 is 15.9 Å². The van der Waals surface area contributed by atoms with E-state index in [1.54, 1.807) is 6.07 Å². The molecule has 114 valence electrons. The number of nitro groups is 1. The minimum absolute atomic E-state index is 0.0858. The minimum Gasteiger partial charge on any atom is -0.349 e. The Labute approximate surface area is 132 Å². The largest absolute Gasteiger partial charge is 0.349 e. The first kappa shape index (κ1) is 15.9. The highest BCUT2D eigenvalue weighted by atomic mass is 79.9. The van der Waals surface area contributed by atoms with Crippen LogP contribution in [-0.4, -0.2) is 16.9 Å². The minimum atomic E-state index is -0.493. The molecule has 0 radical (unpaired) electrons. The molecule has 1 N–H and O–H groups in total. The summed E-state index contributed by atoms with van der Waals surface area (Å²) in [6.07, 6.45) is 5.43. The van der Waals surface area contributed by atoms with Crippen molar-refractivity contribution < 1.29 is 9.72 Å². The van der Waals surface area contributed by atoms with Crippen LogP contribution in [-0.2, 0) is 0 Å². The number of hydrogen-bond acceptors (Lipinski definition) is 3. The summed E-state index contributed by atoms with van der Waals surface area (Å²) in [5.41, 5.74) is 0.235. The van der Waals surface area contributed by atoms with E-state index in [1.807, 2.05) is 0 Å². The molecule has 5 nitrogen and oxygen atoms in total. The van der Waals surface area contributed by atoms with Gasteiger partial charge in [0.05, 0.1) is 10.5 Å². The van der Waals surface area contributed by atoms with Crippen molar-refractivity contribution in [1.29, 1.82) is 0 Å². The van der Waals surface area contributed by atoms with Crippen molar-refractivity contribution in [3.63, 3.8) is 0 Å². The average molecular weight is 355 g/mol. The predicted molar refractivity (Wildman–Crippen MR) is 84.3 cm³/mol. The number of nitro benzene ring substituents is 1. The number of halogens is 1. The molecule has 1 aromatic rings. The second kappa shape index (κ2) is 7.02. The van der Waals surface area contributed by atoms with Gasteiger partial charge in [-0.3, -0.25) is 14.9 Å². The van der Waals surface area contributed by atoms with Crippen LogP contribution in [0.5, 0.6) is 0 Å². The molecular formula is C15H19BrN2O3. The highest BCUT2D eigenvalue weighted by Gasteiger charge is 2.24. The van der Waals surface area contributed by atoms with Crippen molar-refractivity contribution in [2.45, 2.75) is 45.1 Å². The fraction of sp³-hybridized carbons (Fsp3) is 0.533. The summed E-state index contributed by atoms with van der Waals surface area (Å²) in [6.45, 7) is 2.20. The normalized spacial score (nSPS) is 21.8. The summed E-state index contributed by atoms with van der Waals surface area (Å²) >= 11 is 3.17. The van der Waals surface area contributed by atoms with Gasteiger partial charge in [-0.25, -0.2) is 0 Å². The number of carbonyl (C=O) groups is 1. The molecule has 0 aromatic heterocycles. The maximum atomic E-state index is 12.3. The highest BCUT2D eigenvalue weighted by molar-refractivity contribution is 9.10. The number of hydrogen-bond donors (Lipinski definition) is 1. The lowest BCUT2D eigenvalue weighted by Crippen LogP contribution is -2.37. The molecule has 1 amide bonds. The summed E-state index contributed by atoms with van der Waals surface area (Å²) in [5, 5.41) is 13.9. The van der Waals surface area contributed by atoms with E-state index < -0.39 is 4.92 Å². The smallest absolute Gasteiger partial charge is 0.284 e. The van der Waals surface area contributed by atoms with Crippen molar-refractivity contribution in [3.8, 4) is 0 Å². The molecule has 0 unspecified atom stereocenters. The van der Waals surface area contributed by atoms with Crippen LogP contribution in [0, 0.1) is 16.0 Å². The van der Waals surface area contributed by atoms with Crippen LogP contribution in [0.3, 0.4) is 0 Å². The van der Waals surface area contributed by atoms with Crippen molar-refractivity contribution in [2.24, 2.45) is 5.92 Å². The lowest BCUT2D eigenvalue weighted by Gasteiger charge is -2.28. The molecule has 1 aliphatic carbocycles. The van der Waals surface area contributed by atoms with Crippen molar-refractivity contribution in [1.82, 2.24) is 5.32 Å². The number of benzene rings is 1. The zero-order chi connectivity index (χ0) is 15.4. The number of amides is 1. The van der Waals surface area contributed by atoms with Gasteiger partial charge in [-0.2, -0.15) is 0 Å². The molecule has 1 fully saturated rings. The summed E-state index contributed by atoms with van der Waals surface area (Å²) in [5.74, 6) is 0.522. The van der Waals surface area contributed by atoms with Crippen molar-refractivity contribution in [3.05, 3.63) is 38.3 Å². The third kappa shape index (κ3) is 3.81. The maximum Gasteiger partial charge on any atom is 0.284 e. The van der Waals surface area contributed by atoms with Crippen LogP contribution in [0.4, 0.5) is 5.69 Å². The van der Waals surface area contributed by atoms with Crippen molar-refractivity contribution in [2.75, 3.05) is 0 Å². The lowest BCUT2D eigenvalue weighted by molar-refractivity contribution is -0.385. The van der Waals surface area contributed by atoms with Crippen LogP contribution < -0.4 is 5.32 Å². The molecule has 0 aliphatic heterocycles. The summed E-state index contributed by atoms with van der Waals surface area (Å²) in [4.78, 5) is 22.7. The van der Waals surface area contributed by atoms with E-state index in [9.17, 15) is 14.9 Å². The zero-order valence-corrected chi connectivity index (χ0v) is 13.6. The zero-order valence-electron chi connectivity index (χ0n) is 12.0. The molecule has 0 saturated heterocycles. The summed E-state index contributed by atoms with van der Waals surface area (Å²) in [6, 6.07) is 4.69. The van der Waals surface area contributed by atoms with Crippen LogP contribution in [0.1, 0.15) is 49.4 Å². The van der Waals surface area contributed by atoms with Gasteiger partial charge in [0.25, 0.3) is 11.6 Å². The second-order valence-electron chi connectivity index (χ2n) is 5.50. The first-order valence-corrected chi connectivity index (χ1v) is 8.06. The molecule has 1 aromatic carbocycles. The Morgan fingerprint density at radius 1 is 1.38 bits per heavy atom. The molecule has 21 heavy (non-hydrogen) atoms. The predicted octanol–water partition coefficient (Wildman–Crippen LogP) is 4.06. The summed E-state index contributed by atoms with van der Waals surface area (Å²) < 4.78 is 0.245. The van der Waals surface area contributed by atoms with Gasteiger partial charge in [0.1, 0.15) is 4.47 Å². The Morgan fingerprint density at radius 3 is 2.62 bits per heavy atom. The Kier molecular flexibility index (Phi) is 5.33. The monoisotopic (exact) mass is 354 g/mol. The molecule has 0 bridgehead atoms. The lowest BCUT2D eigenvalue weighted by atomic mass is 9.84. The molecule has 2 rings (SSSR count). The Bertz CT molecular complexity index is 540. The van der Waals surface area contributed by atoms with E-state index in [0.29, 0.717) is 5.56 Å². The van der Waals surface area contributed by atoms with Gasteiger partial charge >= 0.3 is 0 Å². The number of carbonyl (C=O) groups excluding carboxylic acids is 1. The fourth-order valence-electron chi connectivity index (χ4n) is 2.81. The topological polar surface area (TPSA) is 72.2 Å². The van der Waals surface area contributed by atoms with Crippen molar-refractivity contribution >= 4 is 27.5 Å². The van der Waals surface area contributed by atoms with Gasteiger partial charge in [-0.15, -0.1) is 0 Å². The van der Waals surface area contributed by atoms with Crippen LogP contribution in [0.25, 0.3) is 0 Å². The quantitative estimate of drug-likeness (QED) is 0.654.